The SMILES string of the molecule is CC(C)(C)C1=CC(=O)C=CC1C(C)(C)C. The predicted octanol–water partition coefficient (Wildman–Crippen LogP) is 3.76. The van der Waals surface area contributed by atoms with Crippen molar-refractivity contribution in [3.05, 3.63) is 23.8 Å². The van der Waals surface area contributed by atoms with Gasteiger partial charge in [0.25, 0.3) is 0 Å². The molecule has 0 heterocycles. The molecule has 0 fully saturated rings. The summed E-state index contributed by atoms with van der Waals surface area (Å²) in [6.07, 6.45) is 5.57. The number of ketones is 1. The first-order chi connectivity index (χ1) is 6.62. The Morgan fingerprint density at radius 3 is 2.00 bits per heavy atom. The normalized spacial score (nSPS) is 22.9. The van der Waals surface area contributed by atoms with Crippen LogP contribution in [0.3, 0.4) is 0 Å². The molecule has 0 aromatic rings. The maximum absolute atomic E-state index is 11.4. The molecule has 1 aliphatic carbocycles. The minimum atomic E-state index is 0.0678. The molecule has 0 bridgehead atoms. The summed E-state index contributed by atoms with van der Waals surface area (Å²) in [4.78, 5) is 11.4. The molecule has 0 saturated carbocycles. The third-order valence-electron chi connectivity index (χ3n) is 2.88. The van der Waals surface area contributed by atoms with E-state index in [-0.39, 0.29) is 16.6 Å². The number of allylic oxidation sites excluding steroid dienone is 4. The van der Waals surface area contributed by atoms with Crippen LogP contribution in [0.1, 0.15) is 41.5 Å². The molecule has 0 radical (unpaired) electrons. The van der Waals surface area contributed by atoms with E-state index in [0.29, 0.717) is 5.92 Å². The molecule has 15 heavy (non-hydrogen) atoms. The van der Waals surface area contributed by atoms with E-state index in [4.69, 9.17) is 0 Å². The van der Waals surface area contributed by atoms with Crippen LogP contribution in [-0.4, -0.2) is 5.78 Å². The third kappa shape index (κ3) is 2.80. The number of hydrogen-bond acceptors (Lipinski definition) is 1. The van der Waals surface area contributed by atoms with Crippen LogP contribution < -0.4 is 0 Å². The lowest BCUT2D eigenvalue weighted by Crippen LogP contribution is -2.29. The van der Waals surface area contributed by atoms with Crippen LogP contribution in [0.5, 0.6) is 0 Å². The van der Waals surface area contributed by atoms with Gasteiger partial charge in [-0.25, -0.2) is 0 Å². The van der Waals surface area contributed by atoms with Crippen molar-refractivity contribution in [3.8, 4) is 0 Å². The standard InChI is InChI=1S/C14H22O/c1-13(2,3)11-8-7-10(15)9-12(11)14(4,5)6/h7-9,11H,1-6H3. The van der Waals surface area contributed by atoms with E-state index in [9.17, 15) is 4.79 Å². The predicted molar refractivity (Wildman–Crippen MR) is 64.6 cm³/mol. The van der Waals surface area contributed by atoms with Crippen molar-refractivity contribution in [2.75, 3.05) is 0 Å². The van der Waals surface area contributed by atoms with Crippen molar-refractivity contribution in [2.24, 2.45) is 16.7 Å². The molecule has 0 aromatic heterocycles. The molecule has 0 aliphatic heterocycles. The molecule has 1 aliphatic rings. The Balaban J connectivity index is 3.14. The Kier molecular flexibility index (Phi) is 2.95. The molecule has 1 rings (SSSR count). The van der Waals surface area contributed by atoms with Gasteiger partial charge in [-0.1, -0.05) is 53.2 Å². The molecule has 1 unspecified atom stereocenters. The summed E-state index contributed by atoms with van der Waals surface area (Å²) in [5.74, 6) is 0.496. The van der Waals surface area contributed by atoms with Crippen molar-refractivity contribution < 1.29 is 4.79 Å². The molecule has 0 amide bonds. The zero-order valence-electron chi connectivity index (χ0n) is 10.7. The summed E-state index contributed by atoms with van der Waals surface area (Å²) in [5, 5.41) is 0. The molecule has 0 spiro atoms. The molecule has 1 atom stereocenters. The lowest BCUT2D eigenvalue weighted by atomic mass is 9.66. The fourth-order valence-corrected chi connectivity index (χ4v) is 2.02. The van der Waals surface area contributed by atoms with E-state index in [1.807, 2.05) is 6.08 Å². The Bertz CT molecular complexity index is 318. The Morgan fingerprint density at radius 1 is 1.07 bits per heavy atom. The smallest absolute Gasteiger partial charge is 0.178 e. The summed E-state index contributed by atoms with van der Waals surface area (Å²) in [6.45, 7) is 13.2. The van der Waals surface area contributed by atoms with Crippen LogP contribution in [-0.2, 0) is 4.79 Å². The van der Waals surface area contributed by atoms with Gasteiger partial charge in [-0.3, -0.25) is 4.79 Å². The fraction of sp³-hybridized carbons (Fsp3) is 0.643. The van der Waals surface area contributed by atoms with Gasteiger partial charge in [0.05, 0.1) is 0 Å². The van der Waals surface area contributed by atoms with E-state index >= 15 is 0 Å². The largest absolute Gasteiger partial charge is 0.290 e. The number of carbonyl (C=O) groups excluding carboxylic acids is 1. The van der Waals surface area contributed by atoms with E-state index in [1.165, 1.54) is 5.57 Å². The second kappa shape index (κ2) is 3.62. The Hall–Kier alpha value is -0.850. The van der Waals surface area contributed by atoms with Crippen LogP contribution in [0.2, 0.25) is 0 Å². The van der Waals surface area contributed by atoms with Crippen molar-refractivity contribution in [1.29, 1.82) is 0 Å². The lowest BCUT2D eigenvalue weighted by molar-refractivity contribution is -0.110. The Labute approximate surface area is 93.3 Å². The van der Waals surface area contributed by atoms with Gasteiger partial charge in [0, 0.05) is 5.92 Å². The van der Waals surface area contributed by atoms with Gasteiger partial charge in [0.15, 0.2) is 5.78 Å². The summed E-state index contributed by atoms with van der Waals surface area (Å²) >= 11 is 0. The molecular formula is C14H22O. The number of carbonyl (C=O) groups is 1. The first-order valence-electron chi connectivity index (χ1n) is 5.56. The fourth-order valence-electron chi connectivity index (χ4n) is 2.02. The topological polar surface area (TPSA) is 17.1 Å². The second-order valence-corrected chi connectivity index (χ2v) is 6.45. The van der Waals surface area contributed by atoms with E-state index in [0.717, 1.165) is 0 Å². The van der Waals surface area contributed by atoms with Gasteiger partial charge in [0.1, 0.15) is 0 Å². The third-order valence-corrected chi connectivity index (χ3v) is 2.88. The summed E-state index contributed by atoms with van der Waals surface area (Å²) in [6, 6.07) is 0. The van der Waals surface area contributed by atoms with Crippen molar-refractivity contribution in [1.82, 2.24) is 0 Å². The van der Waals surface area contributed by atoms with E-state index in [2.05, 4.69) is 47.6 Å². The maximum Gasteiger partial charge on any atom is 0.178 e. The zero-order valence-corrected chi connectivity index (χ0v) is 10.7. The van der Waals surface area contributed by atoms with Crippen molar-refractivity contribution >= 4 is 5.78 Å². The average Bonchev–Trinajstić information content (AvgIpc) is 2.00. The molecule has 0 aromatic carbocycles. The van der Waals surface area contributed by atoms with Crippen molar-refractivity contribution in [2.45, 2.75) is 41.5 Å². The number of hydrogen-bond donors (Lipinski definition) is 0. The average molecular weight is 206 g/mol. The highest BCUT2D eigenvalue weighted by Gasteiger charge is 2.33. The van der Waals surface area contributed by atoms with Crippen molar-refractivity contribution in [3.63, 3.8) is 0 Å². The highest BCUT2D eigenvalue weighted by Crippen LogP contribution is 2.42. The summed E-state index contributed by atoms with van der Waals surface area (Å²) in [5.41, 5.74) is 1.50. The minimum Gasteiger partial charge on any atom is -0.290 e. The number of rotatable bonds is 0. The minimum absolute atomic E-state index is 0.0678. The van der Waals surface area contributed by atoms with Gasteiger partial charge < -0.3 is 0 Å². The van der Waals surface area contributed by atoms with Gasteiger partial charge in [-0.05, 0) is 23.0 Å². The molecule has 0 N–H and O–H groups in total. The van der Waals surface area contributed by atoms with Crippen LogP contribution >= 0.6 is 0 Å². The zero-order chi connectivity index (χ0) is 11.9. The highest BCUT2D eigenvalue weighted by molar-refractivity contribution is 6.01. The van der Waals surface area contributed by atoms with Crippen LogP contribution in [0.15, 0.2) is 23.8 Å². The molecular weight excluding hydrogens is 184 g/mol. The van der Waals surface area contributed by atoms with Gasteiger partial charge in [-0.2, -0.15) is 0 Å². The second-order valence-electron chi connectivity index (χ2n) is 6.45. The molecule has 84 valence electrons. The molecule has 1 nitrogen and oxygen atoms in total. The van der Waals surface area contributed by atoms with E-state index < -0.39 is 0 Å². The van der Waals surface area contributed by atoms with E-state index in [1.54, 1.807) is 6.08 Å². The quantitative estimate of drug-likeness (QED) is 0.590. The molecule has 0 saturated heterocycles. The van der Waals surface area contributed by atoms with Crippen LogP contribution in [0.25, 0.3) is 0 Å². The monoisotopic (exact) mass is 206 g/mol. The van der Waals surface area contributed by atoms with Gasteiger partial charge in [-0.15, -0.1) is 0 Å². The lowest BCUT2D eigenvalue weighted by Gasteiger charge is -2.38. The first kappa shape index (κ1) is 12.2. The van der Waals surface area contributed by atoms with Crippen LogP contribution in [0, 0.1) is 16.7 Å². The summed E-state index contributed by atoms with van der Waals surface area (Å²) < 4.78 is 0. The highest BCUT2D eigenvalue weighted by atomic mass is 16.1. The maximum atomic E-state index is 11.4. The Morgan fingerprint density at radius 2 is 1.60 bits per heavy atom. The summed E-state index contributed by atoms with van der Waals surface area (Å²) in [7, 11) is 0. The van der Waals surface area contributed by atoms with Gasteiger partial charge >= 0.3 is 0 Å². The molecule has 1 heteroatoms. The van der Waals surface area contributed by atoms with Gasteiger partial charge in [0.2, 0.25) is 0 Å². The van der Waals surface area contributed by atoms with Crippen LogP contribution in [0.4, 0.5) is 0 Å². The first-order valence-corrected chi connectivity index (χ1v) is 5.56.